The van der Waals surface area contributed by atoms with Crippen molar-refractivity contribution in [2.24, 2.45) is 0 Å². The molecule has 0 aliphatic rings. The number of pyridine rings is 1. The molecule has 3 rings (SSSR count). The number of carbonyl (C=O) groups is 1. The Morgan fingerprint density at radius 2 is 2.00 bits per heavy atom. The topological polar surface area (TPSA) is 77.5 Å². The summed E-state index contributed by atoms with van der Waals surface area (Å²) in [6.45, 7) is 0. The molecule has 0 saturated heterocycles. The molecular weight excluding hydrogens is 308 g/mol. The largest absolute Gasteiger partial charge is 0.302 e. The minimum Gasteiger partial charge on any atom is -0.296 e. The van der Waals surface area contributed by atoms with Crippen LogP contribution in [0.25, 0.3) is 16.9 Å². The van der Waals surface area contributed by atoms with Crippen LogP contribution in [0.3, 0.4) is 0 Å². The second-order valence-corrected chi connectivity index (χ2v) is 4.71. The fraction of sp³-hybridized carbons (Fsp3) is 0.0667. The summed E-state index contributed by atoms with van der Waals surface area (Å²) in [6.07, 6.45) is -1.76. The van der Waals surface area contributed by atoms with Crippen LogP contribution in [0, 0.1) is 10.1 Å². The molecule has 3 aromatic rings. The predicted molar refractivity (Wildman–Crippen MR) is 77.6 cm³/mol. The summed E-state index contributed by atoms with van der Waals surface area (Å²) in [7, 11) is 0. The Morgan fingerprint density at radius 1 is 1.22 bits per heavy atom. The van der Waals surface area contributed by atoms with E-state index in [4.69, 9.17) is 0 Å². The summed E-state index contributed by atoms with van der Waals surface area (Å²) in [5, 5.41) is 10.9. The molecule has 1 aromatic carbocycles. The Kier molecular flexibility index (Phi) is 3.57. The van der Waals surface area contributed by atoms with Crippen molar-refractivity contribution in [2.75, 3.05) is 0 Å². The van der Waals surface area contributed by atoms with Crippen molar-refractivity contribution < 1.29 is 18.5 Å². The smallest absolute Gasteiger partial charge is 0.296 e. The number of fused-ring (bicyclic) bond motifs is 1. The Bertz CT molecular complexity index is 921. The van der Waals surface area contributed by atoms with Gasteiger partial charge in [-0.3, -0.25) is 19.3 Å². The van der Waals surface area contributed by atoms with E-state index in [-0.39, 0.29) is 22.6 Å². The van der Waals surface area contributed by atoms with Crippen molar-refractivity contribution in [1.82, 2.24) is 9.38 Å². The SMILES string of the molecule is O=C(c1c(-c2cccc([N+](=O)[O-])c2)nc2ccccn12)C(F)F. The van der Waals surface area contributed by atoms with E-state index in [1.165, 1.54) is 34.9 Å². The van der Waals surface area contributed by atoms with Gasteiger partial charge < -0.3 is 0 Å². The van der Waals surface area contributed by atoms with Gasteiger partial charge >= 0.3 is 6.43 Å². The maximum absolute atomic E-state index is 12.9. The van der Waals surface area contributed by atoms with Gasteiger partial charge in [0.25, 0.3) is 5.69 Å². The van der Waals surface area contributed by atoms with Crippen molar-refractivity contribution >= 4 is 17.1 Å². The van der Waals surface area contributed by atoms with Gasteiger partial charge in [0.1, 0.15) is 17.0 Å². The number of hydrogen-bond acceptors (Lipinski definition) is 4. The van der Waals surface area contributed by atoms with Crippen LogP contribution in [0.1, 0.15) is 10.5 Å². The molecule has 116 valence electrons. The molecular formula is C15H9F2N3O3. The molecule has 6 nitrogen and oxygen atoms in total. The highest BCUT2D eigenvalue weighted by Gasteiger charge is 2.27. The van der Waals surface area contributed by atoms with Gasteiger partial charge in [0.05, 0.1) is 4.92 Å². The average Bonchev–Trinajstić information content (AvgIpc) is 2.93. The van der Waals surface area contributed by atoms with Gasteiger partial charge in [-0.05, 0) is 12.1 Å². The summed E-state index contributed by atoms with van der Waals surface area (Å²) in [4.78, 5) is 26.3. The summed E-state index contributed by atoms with van der Waals surface area (Å²) in [6, 6.07) is 10.1. The zero-order valence-electron chi connectivity index (χ0n) is 11.5. The molecule has 2 heterocycles. The third-order valence-electron chi connectivity index (χ3n) is 3.29. The Labute approximate surface area is 128 Å². The van der Waals surface area contributed by atoms with E-state index in [2.05, 4.69) is 4.98 Å². The predicted octanol–water partition coefficient (Wildman–Crippen LogP) is 3.36. The number of halogens is 2. The first kappa shape index (κ1) is 14.8. The highest BCUT2D eigenvalue weighted by atomic mass is 19.3. The van der Waals surface area contributed by atoms with Crippen LogP contribution >= 0.6 is 0 Å². The molecule has 0 atom stereocenters. The van der Waals surface area contributed by atoms with E-state index in [0.29, 0.717) is 5.65 Å². The number of aromatic nitrogens is 2. The molecule has 0 bridgehead atoms. The number of alkyl halides is 2. The lowest BCUT2D eigenvalue weighted by atomic mass is 10.1. The summed E-state index contributed by atoms with van der Waals surface area (Å²) >= 11 is 0. The van der Waals surface area contributed by atoms with Crippen LogP contribution in [0.15, 0.2) is 48.7 Å². The molecule has 0 amide bonds. The summed E-state index contributed by atoms with van der Waals surface area (Å²) in [5.74, 6) is -1.38. The van der Waals surface area contributed by atoms with Crippen LogP contribution in [0.5, 0.6) is 0 Å². The van der Waals surface area contributed by atoms with E-state index in [0.717, 1.165) is 0 Å². The highest BCUT2D eigenvalue weighted by molar-refractivity contribution is 6.03. The zero-order valence-corrected chi connectivity index (χ0v) is 11.5. The number of nitro benzene ring substituents is 1. The molecule has 0 aliphatic carbocycles. The molecule has 0 N–H and O–H groups in total. The number of hydrogen-bond donors (Lipinski definition) is 0. The lowest BCUT2D eigenvalue weighted by molar-refractivity contribution is -0.384. The van der Waals surface area contributed by atoms with Gasteiger partial charge in [0.15, 0.2) is 0 Å². The molecule has 0 aliphatic heterocycles. The average molecular weight is 317 g/mol. The van der Waals surface area contributed by atoms with Gasteiger partial charge in [-0.2, -0.15) is 0 Å². The van der Waals surface area contributed by atoms with E-state index in [9.17, 15) is 23.7 Å². The first-order valence-electron chi connectivity index (χ1n) is 6.53. The number of benzene rings is 1. The quantitative estimate of drug-likeness (QED) is 0.420. The van der Waals surface area contributed by atoms with Crippen molar-refractivity contribution in [3.05, 3.63) is 64.5 Å². The standard InChI is InChI=1S/C15H9F2N3O3/c16-15(17)14(21)13-12(18-11-6-1-2-7-19(11)13)9-4-3-5-10(8-9)20(22)23/h1-8,15H. The van der Waals surface area contributed by atoms with Gasteiger partial charge in [-0.25, -0.2) is 13.8 Å². The fourth-order valence-corrected chi connectivity index (χ4v) is 2.30. The van der Waals surface area contributed by atoms with Crippen molar-refractivity contribution in [3.63, 3.8) is 0 Å². The lowest BCUT2D eigenvalue weighted by Gasteiger charge is -2.04. The lowest BCUT2D eigenvalue weighted by Crippen LogP contribution is -2.14. The van der Waals surface area contributed by atoms with Crippen LogP contribution < -0.4 is 0 Å². The molecule has 0 unspecified atom stereocenters. The number of rotatable bonds is 4. The van der Waals surface area contributed by atoms with Gasteiger partial charge in [-0.1, -0.05) is 18.2 Å². The number of non-ortho nitro benzene ring substituents is 1. The van der Waals surface area contributed by atoms with Crippen LogP contribution in [0.2, 0.25) is 0 Å². The second-order valence-electron chi connectivity index (χ2n) is 4.71. The molecule has 0 fully saturated rings. The number of nitrogens with zero attached hydrogens (tertiary/aromatic N) is 3. The molecule has 2 aromatic heterocycles. The molecule has 0 spiro atoms. The third kappa shape index (κ3) is 2.54. The molecule has 8 heteroatoms. The van der Waals surface area contributed by atoms with Crippen molar-refractivity contribution in [1.29, 1.82) is 0 Å². The minimum atomic E-state index is -3.20. The van der Waals surface area contributed by atoms with Crippen LogP contribution in [-0.4, -0.2) is 26.5 Å². The maximum atomic E-state index is 12.9. The van der Waals surface area contributed by atoms with E-state index < -0.39 is 17.1 Å². The summed E-state index contributed by atoms with van der Waals surface area (Å²) in [5.41, 5.74) is 0.0150. The minimum absolute atomic E-state index is 0.00907. The first-order chi connectivity index (χ1) is 11.0. The van der Waals surface area contributed by atoms with E-state index in [1.807, 2.05) is 0 Å². The Morgan fingerprint density at radius 3 is 2.70 bits per heavy atom. The number of carbonyl (C=O) groups excluding carboxylic acids is 1. The Balaban J connectivity index is 2.29. The maximum Gasteiger partial charge on any atom is 0.302 e. The number of imidazole rings is 1. The monoisotopic (exact) mass is 317 g/mol. The fourth-order valence-electron chi connectivity index (χ4n) is 2.30. The number of Topliss-reactive ketones (excluding diaryl/α,β-unsaturated/α-hetero) is 1. The van der Waals surface area contributed by atoms with E-state index in [1.54, 1.807) is 18.2 Å². The van der Waals surface area contributed by atoms with Crippen molar-refractivity contribution in [2.45, 2.75) is 6.43 Å². The van der Waals surface area contributed by atoms with E-state index >= 15 is 0 Å². The highest BCUT2D eigenvalue weighted by Crippen LogP contribution is 2.28. The van der Waals surface area contributed by atoms with Crippen LogP contribution in [0.4, 0.5) is 14.5 Å². The second kappa shape index (κ2) is 5.56. The molecule has 23 heavy (non-hydrogen) atoms. The zero-order chi connectivity index (χ0) is 16.6. The third-order valence-corrected chi connectivity index (χ3v) is 3.29. The summed E-state index contributed by atoms with van der Waals surface area (Å²) < 4.78 is 27.1. The van der Waals surface area contributed by atoms with Gasteiger partial charge in [0.2, 0.25) is 5.78 Å². The Hall–Kier alpha value is -3.16. The van der Waals surface area contributed by atoms with Gasteiger partial charge in [-0.15, -0.1) is 0 Å². The number of ketones is 1. The van der Waals surface area contributed by atoms with Crippen LogP contribution in [-0.2, 0) is 0 Å². The number of nitro groups is 1. The normalized spacial score (nSPS) is 11.1. The molecule has 0 radical (unpaired) electrons. The van der Waals surface area contributed by atoms with Gasteiger partial charge in [0, 0.05) is 23.9 Å². The molecule has 0 saturated carbocycles. The van der Waals surface area contributed by atoms with Crippen molar-refractivity contribution in [3.8, 4) is 11.3 Å². The first-order valence-corrected chi connectivity index (χ1v) is 6.53.